The maximum Gasteiger partial charge on any atom is 0.251 e. The van der Waals surface area contributed by atoms with E-state index in [1.807, 2.05) is 0 Å². The molecule has 1 atom stereocenters. The monoisotopic (exact) mass is 564 g/mol. The quantitative estimate of drug-likeness (QED) is 0.229. The van der Waals surface area contributed by atoms with Crippen LogP contribution < -0.4 is 16.4 Å². The van der Waals surface area contributed by atoms with Crippen molar-refractivity contribution >= 4 is 23.4 Å². The molecule has 0 bridgehead atoms. The van der Waals surface area contributed by atoms with Gasteiger partial charge in [-0.25, -0.2) is 17.6 Å². The van der Waals surface area contributed by atoms with Crippen LogP contribution in [0.25, 0.3) is 11.1 Å². The summed E-state index contributed by atoms with van der Waals surface area (Å²) in [6.07, 6.45) is 0.903. The Bertz CT molecular complexity index is 1580. The Morgan fingerprint density at radius 3 is 2.17 bits per heavy atom. The van der Waals surface area contributed by atoms with Crippen molar-refractivity contribution in [2.75, 3.05) is 5.32 Å². The molecule has 0 saturated carbocycles. The molecule has 0 spiro atoms. The largest absolute Gasteiger partial charge is 0.366 e. The lowest BCUT2D eigenvalue weighted by Gasteiger charge is -2.22. The average molecular weight is 565 g/mol. The van der Waals surface area contributed by atoms with E-state index in [1.165, 1.54) is 42.6 Å². The molecular formula is C30H24F4N4O3. The summed E-state index contributed by atoms with van der Waals surface area (Å²) >= 11 is 0. The van der Waals surface area contributed by atoms with E-state index in [0.29, 0.717) is 22.9 Å². The molecule has 3 amide bonds. The number of rotatable bonds is 10. The summed E-state index contributed by atoms with van der Waals surface area (Å²) in [7, 11) is 0. The van der Waals surface area contributed by atoms with Gasteiger partial charge in [0.1, 0.15) is 23.3 Å². The first-order valence-corrected chi connectivity index (χ1v) is 12.4. The Morgan fingerprint density at radius 2 is 1.49 bits per heavy atom. The smallest absolute Gasteiger partial charge is 0.251 e. The molecule has 11 heteroatoms. The van der Waals surface area contributed by atoms with Gasteiger partial charge in [-0.15, -0.1) is 0 Å². The molecule has 4 rings (SSSR count). The number of nitrogens with zero attached hydrogens (tertiary/aromatic N) is 1. The summed E-state index contributed by atoms with van der Waals surface area (Å²) in [5.74, 6) is -4.93. The van der Waals surface area contributed by atoms with Crippen LogP contribution in [0.15, 0.2) is 79.0 Å². The minimum absolute atomic E-state index is 0.0872. The number of aromatic nitrogens is 1. The lowest BCUT2D eigenvalue weighted by Crippen LogP contribution is -2.31. The molecule has 41 heavy (non-hydrogen) atoms. The van der Waals surface area contributed by atoms with Gasteiger partial charge in [0.15, 0.2) is 0 Å². The normalized spacial score (nSPS) is 11.5. The zero-order chi connectivity index (χ0) is 29.5. The van der Waals surface area contributed by atoms with Gasteiger partial charge in [-0.3, -0.25) is 19.4 Å². The Balaban J connectivity index is 1.60. The summed E-state index contributed by atoms with van der Waals surface area (Å²) < 4.78 is 55.2. The summed E-state index contributed by atoms with van der Waals surface area (Å²) in [5.41, 5.74) is 6.56. The van der Waals surface area contributed by atoms with Gasteiger partial charge in [-0.1, -0.05) is 12.1 Å². The van der Waals surface area contributed by atoms with Gasteiger partial charge in [0.2, 0.25) is 11.8 Å². The van der Waals surface area contributed by atoms with Crippen molar-refractivity contribution in [1.29, 1.82) is 0 Å². The number of pyridine rings is 1. The fraction of sp³-hybridized carbons (Fsp3) is 0.133. The maximum atomic E-state index is 14.1. The highest BCUT2D eigenvalue weighted by Gasteiger charge is 2.23. The number of anilines is 1. The van der Waals surface area contributed by atoms with Crippen molar-refractivity contribution in [2.45, 2.75) is 25.3 Å². The number of hydrogen-bond acceptors (Lipinski definition) is 4. The highest BCUT2D eigenvalue weighted by molar-refractivity contribution is 5.95. The number of primary amides is 1. The van der Waals surface area contributed by atoms with Crippen molar-refractivity contribution in [3.8, 4) is 11.1 Å². The average Bonchev–Trinajstić information content (AvgIpc) is 2.92. The van der Waals surface area contributed by atoms with Crippen LogP contribution in [0.2, 0.25) is 0 Å². The van der Waals surface area contributed by atoms with Crippen molar-refractivity contribution in [3.05, 3.63) is 119 Å². The maximum absolute atomic E-state index is 14.1. The molecule has 1 aromatic heterocycles. The number of carbonyl (C=O) groups excluding carboxylic acids is 3. The van der Waals surface area contributed by atoms with Crippen molar-refractivity contribution in [1.82, 2.24) is 10.3 Å². The molecule has 0 saturated heterocycles. The highest BCUT2D eigenvalue weighted by atomic mass is 19.1. The molecular weight excluding hydrogens is 540 g/mol. The Hall–Kier alpha value is -5.06. The van der Waals surface area contributed by atoms with Crippen LogP contribution in [0.1, 0.15) is 40.5 Å². The molecule has 4 aromatic rings. The third-order valence-corrected chi connectivity index (χ3v) is 6.12. The van der Waals surface area contributed by atoms with Crippen molar-refractivity contribution in [2.24, 2.45) is 5.73 Å². The third kappa shape index (κ3) is 7.75. The number of nitrogens with two attached hydrogens (primary N) is 1. The number of nitrogens with one attached hydrogen (secondary N) is 2. The molecule has 0 unspecified atom stereocenters. The zero-order valence-electron chi connectivity index (χ0n) is 21.5. The summed E-state index contributed by atoms with van der Waals surface area (Å²) in [5, 5.41) is 5.33. The molecule has 0 aliphatic heterocycles. The second-order valence-electron chi connectivity index (χ2n) is 9.15. The number of amides is 3. The number of hydrogen-bond donors (Lipinski definition) is 3. The first-order valence-electron chi connectivity index (χ1n) is 12.4. The van der Waals surface area contributed by atoms with Gasteiger partial charge in [0, 0.05) is 36.4 Å². The highest BCUT2D eigenvalue weighted by Crippen LogP contribution is 2.30. The van der Waals surface area contributed by atoms with E-state index >= 15 is 0 Å². The standard InChI is InChI=1S/C30H24F4N4O3/c31-19-4-6-22(7-5-19)37-27(39)9-10-28(40)38-26(14-17-12-20(32)16-21(33)13-17)29-23(2-1-11-36-29)18-3-8-25(34)24(15-18)30(35)41/h1-8,11-13,15-16,26H,9-10,14H2,(H2,35,41)(H,37,39)(H,38,40)/t26-/m0/s1. The summed E-state index contributed by atoms with van der Waals surface area (Å²) in [6, 6.07) is 14.1. The van der Waals surface area contributed by atoms with E-state index in [-0.39, 0.29) is 36.1 Å². The summed E-state index contributed by atoms with van der Waals surface area (Å²) in [6.45, 7) is 0. The third-order valence-electron chi connectivity index (χ3n) is 6.12. The second-order valence-corrected chi connectivity index (χ2v) is 9.15. The van der Waals surface area contributed by atoms with E-state index < -0.39 is 47.0 Å². The fourth-order valence-corrected chi connectivity index (χ4v) is 4.25. The predicted octanol–water partition coefficient (Wildman–Crippen LogP) is 5.22. The van der Waals surface area contributed by atoms with Crippen LogP contribution in [0.4, 0.5) is 23.2 Å². The fourth-order valence-electron chi connectivity index (χ4n) is 4.25. The second kappa shape index (κ2) is 12.9. The molecule has 7 nitrogen and oxygen atoms in total. The van der Waals surface area contributed by atoms with Gasteiger partial charge >= 0.3 is 0 Å². The first kappa shape index (κ1) is 28.9. The molecule has 3 aromatic carbocycles. The van der Waals surface area contributed by atoms with Crippen LogP contribution in [-0.4, -0.2) is 22.7 Å². The van der Waals surface area contributed by atoms with Gasteiger partial charge in [-0.05, 0) is 72.1 Å². The van der Waals surface area contributed by atoms with Crippen LogP contribution in [-0.2, 0) is 16.0 Å². The number of benzene rings is 3. The van der Waals surface area contributed by atoms with Crippen LogP contribution in [0.3, 0.4) is 0 Å². The molecule has 0 radical (unpaired) electrons. The minimum atomic E-state index is -0.978. The van der Waals surface area contributed by atoms with E-state index in [2.05, 4.69) is 15.6 Å². The van der Waals surface area contributed by atoms with Crippen molar-refractivity contribution < 1.29 is 31.9 Å². The van der Waals surface area contributed by atoms with Gasteiger partial charge in [-0.2, -0.15) is 0 Å². The van der Waals surface area contributed by atoms with Crippen LogP contribution in [0.5, 0.6) is 0 Å². The SMILES string of the molecule is NC(=O)c1cc(-c2cccnc2[C@H](Cc2cc(F)cc(F)c2)NC(=O)CCC(=O)Nc2ccc(F)cc2)ccc1F. The molecule has 0 fully saturated rings. The van der Waals surface area contributed by atoms with E-state index in [4.69, 9.17) is 5.73 Å². The molecule has 210 valence electrons. The van der Waals surface area contributed by atoms with Gasteiger partial charge < -0.3 is 16.4 Å². The molecule has 0 aliphatic carbocycles. The Morgan fingerprint density at radius 1 is 0.805 bits per heavy atom. The molecule has 1 heterocycles. The Kier molecular flexibility index (Phi) is 9.08. The lowest BCUT2D eigenvalue weighted by atomic mass is 9.94. The van der Waals surface area contributed by atoms with E-state index in [1.54, 1.807) is 12.1 Å². The van der Waals surface area contributed by atoms with E-state index in [0.717, 1.165) is 18.2 Å². The van der Waals surface area contributed by atoms with Crippen LogP contribution >= 0.6 is 0 Å². The van der Waals surface area contributed by atoms with Gasteiger partial charge in [0.25, 0.3) is 5.91 Å². The van der Waals surface area contributed by atoms with Crippen molar-refractivity contribution in [3.63, 3.8) is 0 Å². The van der Waals surface area contributed by atoms with Gasteiger partial charge in [0.05, 0.1) is 17.3 Å². The topological polar surface area (TPSA) is 114 Å². The zero-order valence-corrected chi connectivity index (χ0v) is 21.5. The molecule has 0 aliphatic rings. The van der Waals surface area contributed by atoms with E-state index in [9.17, 15) is 31.9 Å². The van der Waals surface area contributed by atoms with Crippen LogP contribution in [0, 0.1) is 23.3 Å². The molecule has 4 N–H and O–H groups in total. The number of halogens is 4. The Labute approximate surface area is 232 Å². The minimum Gasteiger partial charge on any atom is -0.366 e. The first-order chi connectivity index (χ1) is 19.6. The lowest BCUT2D eigenvalue weighted by molar-refractivity contribution is -0.124. The predicted molar refractivity (Wildman–Crippen MR) is 143 cm³/mol. The number of carbonyl (C=O) groups is 3. The summed E-state index contributed by atoms with van der Waals surface area (Å²) in [4.78, 5) is 41.4.